The fourth-order valence-electron chi connectivity index (χ4n) is 1.30. The van der Waals surface area contributed by atoms with Gasteiger partial charge in [-0.2, -0.15) is 0 Å². The van der Waals surface area contributed by atoms with Crippen molar-refractivity contribution in [3.05, 3.63) is 11.8 Å². The summed E-state index contributed by atoms with van der Waals surface area (Å²) in [5.74, 6) is -1.13. The number of allylic oxidation sites excluding steroid dienone is 1. The van der Waals surface area contributed by atoms with Crippen LogP contribution in [0.15, 0.2) is 11.8 Å². The third-order valence-electron chi connectivity index (χ3n) is 1.86. The van der Waals surface area contributed by atoms with Crippen LogP contribution < -0.4 is 0 Å². The topological polar surface area (TPSA) is 57.6 Å². The van der Waals surface area contributed by atoms with E-state index in [9.17, 15) is 9.59 Å². The zero-order chi connectivity index (χ0) is 9.14. The molecule has 66 valence electrons. The monoisotopic (exact) mass is 169 g/mol. The van der Waals surface area contributed by atoms with Gasteiger partial charge in [-0.3, -0.25) is 4.79 Å². The van der Waals surface area contributed by atoms with Gasteiger partial charge in [-0.15, -0.1) is 0 Å². The molecule has 12 heavy (non-hydrogen) atoms. The van der Waals surface area contributed by atoms with E-state index in [1.807, 2.05) is 0 Å². The maximum Gasteiger partial charge on any atom is 0.352 e. The first-order valence-electron chi connectivity index (χ1n) is 3.86. The second kappa shape index (κ2) is 3.38. The standard InChI is InChI=1S/C8H11NO3/c1-2-6(8(11)12)9-5-3-4-7(9)10/h2H,3-5H2,1H3,(H,11,12)/b6-2+. The Labute approximate surface area is 70.5 Å². The van der Waals surface area contributed by atoms with Gasteiger partial charge in [-0.25, -0.2) is 4.79 Å². The number of nitrogens with zero attached hydrogens (tertiary/aromatic N) is 1. The van der Waals surface area contributed by atoms with Crippen molar-refractivity contribution >= 4 is 11.9 Å². The average Bonchev–Trinajstić information content (AvgIpc) is 2.38. The van der Waals surface area contributed by atoms with Gasteiger partial charge >= 0.3 is 5.97 Å². The summed E-state index contributed by atoms with van der Waals surface area (Å²) in [5.41, 5.74) is 0.0949. The second-order valence-electron chi connectivity index (χ2n) is 2.63. The van der Waals surface area contributed by atoms with Crippen molar-refractivity contribution in [3.63, 3.8) is 0 Å². The van der Waals surface area contributed by atoms with Crippen LogP contribution >= 0.6 is 0 Å². The zero-order valence-corrected chi connectivity index (χ0v) is 6.91. The summed E-state index contributed by atoms with van der Waals surface area (Å²) in [5, 5.41) is 8.69. The zero-order valence-electron chi connectivity index (χ0n) is 6.91. The highest BCUT2D eigenvalue weighted by molar-refractivity contribution is 5.93. The molecule has 0 aromatic rings. The molecular formula is C8H11NO3. The number of likely N-dealkylation sites (tertiary alicyclic amines) is 1. The molecule has 0 spiro atoms. The van der Waals surface area contributed by atoms with Crippen LogP contribution in [-0.2, 0) is 9.59 Å². The first kappa shape index (κ1) is 8.77. The van der Waals surface area contributed by atoms with Crippen LogP contribution in [0.4, 0.5) is 0 Å². The van der Waals surface area contributed by atoms with Gasteiger partial charge in [-0.05, 0) is 13.3 Å². The van der Waals surface area contributed by atoms with Crippen LogP contribution in [0.2, 0.25) is 0 Å². The Bertz CT molecular complexity index is 245. The SMILES string of the molecule is C/C=C(\C(=O)O)N1CCCC1=O. The normalized spacial score (nSPS) is 18.6. The average molecular weight is 169 g/mol. The van der Waals surface area contributed by atoms with E-state index in [-0.39, 0.29) is 11.6 Å². The molecule has 1 saturated heterocycles. The number of carboxylic acid groups (broad SMARTS) is 1. The smallest absolute Gasteiger partial charge is 0.352 e. The Kier molecular flexibility index (Phi) is 2.47. The van der Waals surface area contributed by atoms with E-state index < -0.39 is 5.97 Å². The van der Waals surface area contributed by atoms with Crippen molar-refractivity contribution in [2.75, 3.05) is 6.54 Å². The number of carbonyl (C=O) groups is 2. The summed E-state index contributed by atoms with van der Waals surface area (Å²) in [6.45, 7) is 2.15. The number of carboxylic acids is 1. The van der Waals surface area contributed by atoms with Gasteiger partial charge in [0, 0.05) is 13.0 Å². The number of rotatable bonds is 2. The Morgan fingerprint density at radius 1 is 1.67 bits per heavy atom. The predicted molar refractivity (Wildman–Crippen MR) is 42.3 cm³/mol. The van der Waals surface area contributed by atoms with Crippen molar-refractivity contribution < 1.29 is 14.7 Å². The molecule has 1 rings (SSSR count). The highest BCUT2D eigenvalue weighted by Gasteiger charge is 2.26. The molecule has 0 radical (unpaired) electrons. The third-order valence-corrected chi connectivity index (χ3v) is 1.86. The molecular weight excluding hydrogens is 158 g/mol. The largest absolute Gasteiger partial charge is 0.477 e. The predicted octanol–water partition coefficient (Wildman–Crippen LogP) is 0.597. The van der Waals surface area contributed by atoms with E-state index in [0.717, 1.165) is 6.42 Å². The van der Waals surface area contributed by atoms with Gasteiger partial charge in [0.25, 0.3) is 0 Å². The minimum Gasteiger partial charge on any atom is -0.477 e. The molecule has 4 heteroatoms. The third kappa shape index (κ3) is 1.47. The first-order valence-corrected chi connectivity index (χ1v) is 3.86. The molecule has 1 amide bonds. The van der Waals surface area contributed by atoms with E-state index in [0.29, 0.717) is 13.0 Å². The Morgan fingerprint density at radius 2 is 2.33 bits per heavy atom. The highest BCUT2D eigenvalue weighted by Crippen LogP contribution is 2.15. The summed E-state index contributed by atoms with van der Waals surface area (Å²) >= 11 is 0. The highest BCUT2D eigenvalue weighted by atomic mass is 16.4. The van der Waals surface area contributed by atoms with Gasteiger partial charge in [0.05, 0.1) is 0 Å². The van der Waals surface area contributed by atoms with E-state index in [2.05, 4.69) is 0 Å². The summed E-state index contributed by atoms with van der Waals surface area (Å²) in [6.07, 6.45) is 2.67. The van der Waals surface area contributed by atoms with Crippen molar-refractivity contribution in [1.29, 1.82) is 0 Å². The molecule has 0 unspecified atom stereocenters. The van der Waals surface area contributed by atoms with Crippen molar-refractivity contribution in [1.82, 2.24) is 4.90 Å². The van der Waals surface area contributed by atoms with Gasteiger partial charge in [0.15, 0.2) is 0 Å². The van der Waals surface area contributed by atoms with Crippen molar-refractivity contribution in [2.24, 2.45) is 0 Å². The van der Waals surface area contributed by atoms with Gasteiger partial charge < -0.3 is 10.0 Å². The van der Waals surface area contributed by atoms with E-state index >= 15 is 0 Å². The minimum atomic E-state index is -1.03. The van der Waals surface area contributed by atoms with Crippen molar-refractivity contribution in [3.8, 4) is 0 Å². The molecule has 1 fully saturated rings. The summed E-state index contributed by atoms with van der Waals surface area (Å²) in [4.78, 5) is 23.0. The molecule has 1 heterocycles. The lowest BCUT2D eigenvalue weighted by molar-refractivity contribution is -0.138. The maximum atomic E-state index is 11.1. The molecule has 0 bridgehead atoms. The summed E-state index contributed by atoms with van der Waals surface area (Å²) < 4.78 is 0. The lowest BCUT2D eigenvalue weighted by atomic mass is 10.3. The molecule has 0 saturated carbocycles. The summed E-state index contributed by atoms with van der Waals surface area (Å²) in [7, 11) is 0. The molecule has 1 aliphatic rings. The van der Waals surface area contributed by atoms with Gasteiger partial charge in [0.1, 0.15) is 5.70 Å². The van der Waals surface area contributed by atoms with E-state index in [4.69, 9.17) is 5.11 Å². The number of carbonyl (C=O) groups excluding carboxylic acids is 1. The molecule has 0 aromatic heterocycles. The fourth-order valence-corrected chi connectivity index (χ4v) is 1.30. The van der Waals surface area contributed by atoms with Crippen LogP contribution in [0, 0.1) is 0 Å². The van der Waals surface area contributed by atoms with Crippen LogP contribution in [0.5, 0.6) is 0 Å². The lowest BCUT2D eigenvalue weighted by Crippen LogP contribution is -2.28. The lowest BCUT2D eigenvalue weighted by Gasteiger charge is -2.14. The molecule has 1 aliphatic heterocycles. The van der Waals surface area contributed by atoms with Gasteiger partial charge in [0.2, 0.25) is 5.91 Å². The van der Waals surface area contributed by atoms with E-state index in [1.165, 1.54) is 11.0 Å². The molecule has 4 nitrogen and oxygen atoms in total. The molecule has 1 N–H and O–H groups in total. The van der Waals surface area contributed by atoms with Crippen LogP contribution in [-0.4, -0.2) is 28.4 Å². The molecule has 0 atom stereocenters. The van der Waals surface area contributed by atoms with Crippen LogP contribution in [0.3, 0.4) is 0 Å². The second-order valence-corrected chi connectivity index (χ2v) is 2.63. The molecule has 0 aromatic carbocycles. The van der Waals surface area contributed by atoms with Crippen LogP contribution in [0.25, 0.3) is 0 Å². The Hall–Kier alpha value is -1.32. The first-order chi connectivity index (χ1) is 5.66. The summed E-state index contributed by atoms with van der Waals surface area (Å²) in [6, 6.07) is 0. The number of aliphatic carboxylic acids is 1. The van der Waals surface area contributed by atoms with Crippen molar-refractivity contribution in [2.45, 2.75) is 19.8 Å². The fraction of sp³-hybridized carbons (Fsp3) is 0.500. The van der Waals surface area contributed by atoms with Gasteiger partial charge in [-0.1, -0.05) is 6.08 Å². The van der Waals surface area contributed by atoms with Crippen LogP contribution in [0.1, 0.15) is 19.8 Å². The minimum absolute atomic E-state index is 0.0921. The van der Waals surface area contributed by atoms with E-state index in [1.54, 1.807) is 6.92 Å². The Balaban J connectivity index is 2.80. The Morgan fingerprint density at radius 3 is 2.67 bits per heavy atom. The number of amides is 1. The maximum absolute atomic E-state index is 11.1. The quantitative estimate of drug-likeness (QED) is 0.616. The number of hydrogen-bond acceptors (Lipinski definition) is 2. The molecule has 0 aliphatic carbocycles. The number of hydrogen-bond donors (Lipinski definition) is 1.